The molecule has 1 saturated heterocycles. The zero-order valence-electron chi connectivity index (χ0n) is 17.4. The van der Waals surface area contributed by atoms with Gasteiger partial charge in [-0.15, -0.1) is 0 Å². The maximum atomic E-state index is 12.8. The monoisotopic (exact) mass is 396 g/mol. The van der Waals surface area contributed by atoms with Crippen LogP contribution in [0.25, 0.3) is 0 Å². The third-order valence-corrected chi connectivity index (χ3v) is 4.89. The summed E-state index contributed by atoms with van der Waals surface area (Å²) >= 11 is 0. The molecule has 0 radical (unpaired) electrons. The maximum Gasteiger partial charge on any atom is 0.251 e. The third kappa shape index (κ3) is 4.88. The number of benzene rings is 2. The van der Waals surface area contributed by atoms with E-state index >= 15 is 0 Å². The van der Waals surface area contributed by atoms with Crippen LogP contribution in [0.4, 0.5) is 5.69 Å². The minimum Gasteiger partial charge on any atom is -0.493 e. The van der Waals surface area contributed by atoms with Crippen molar-refractivity contribution in [2.24, 2.45) is 0 Å². The molecule has 29 heavy (non-hydrogen) atoms. The molecule has 3 rings (SSSR count). The van der Waals surface area contributed by atoms with Gasteiger partial charge in [0.1, 0.15) is 0 Å². The zero-order valence-corrected chi connectivity index (χ0v) is 17.4. The molecule has 1 aliphatic rings. The molecule has 1 aliphatic heterocycles. The molecule has 1 atom stereocenters. The number of ether oxygens (including phenoxy) is 2. The molecule has 1 N–H and O–H groups in total. The molecule has 0 aromatic heterocycles. The number of nitrogens with one attached hydrogen (secondary N) is 1. The summed E-state index contributed by atoms with van der Waals surface area (Å²) in [5.74, 6) is 1.22. The smallest absolute Gasteiger partial charge is 0.251 e. The Morgan fingerprint density at radius 1 is 1.10 bits per heavy atom. The summed E-state index contributed by atoms with van der Waals surface area (Å²) in [7, 11) is 1.60. The topological polar surface area (TPSA) is 67.9 Å². The fourth-order valence-corrected chi connectivity index (χ4v) is 3.40. The van der Waals surface area contributed by atoms with Crippen molar-refractivity contribution in [3.63, 3.8) is 0 Å². The van der Waals surface area contributed by atoms with Crippen molar-refractivity contribution in [2.45, 2.75) is 45.8 Å². The minimum atomic E-state index is -0.221. The Bertz CT molecular complexity index is 894. The number of carbonyl (C=O) groups excluding carboxylic acids is 2. The summed E-state index contributed by atoms with van der Waals surface area (Å²) in [5.41, 5.74) is 2.21. The van der Waals surface area contributed by atoms with Crippen LogP contribution in [0.3, 0.4) is 0 Å². The third-order valence-electron chi connectivity index (χ3n) is 4.89. The molecule has 6 heteroatoms. The van der Waals surface area contributed by atoms with Crippen LogP contribution in [0.15, 0.2) is 42.5 Å². The summed E-state index contributed by atoms with van der Waals surface area (Å²) in [6.45, 7) is 6.54. The Kier molecular flexibility index (Phi) is 6.42. The number of methoxy groups -OCH3 is 1. The largest absolute Gasteiger partial charge is 0.493 e. The van der Waals surface area contributed by atoms with E-state index in [0.717, 1.165) is 17.7 Å². The molecule has 0 saturated carbocycles. The molecule has 2 aromatic carbocycles. The number of hydrogen-bond acceptors (Lipinski definition) is 4. The summed E-state index contributed by atoms with van der Waals surface area (Å²) < 4.78 is 11.2. The normalized spacial score (nSPS) is 14.8. The molecule has 1 unspecified atom stereocenters. The second kappa shape index (κ2) is 8.99. The van der Waals surface area contributed by atoms with Gasteiger partial charge in [-0.3, -0.25) is 9.59 Å². The van der Waals surface area contributed by atoms with Gasteiger partial charge < -0.3 is 19.7 Å². The summed E-state index contributed by atoms with van der Waals surface area (Å²) in [6.07, 6.45) is 1.46. The van der Waals surface area contributed by atoms with Crippen LogP contribution in [-0.2, 0) is 4.79 Å². The van der Waals surface area contributed by atoms with E-state index in [4.69, 9.17) is 9.47 Å². The predicted octanol–water partition coefficient (Wildman–Crippen LogP) is 4.10. The zero-order chi connectivity index (χ0) is 21.0. The Morgan fingerprint density at radius 3 is 2.55 bits per heavy atom. The molecule has 1 fully saturated rings. The Labute approximate surface area is 171 Å². The van der Waals surface area contributed by atoms with Gasteiger partial charge in [0.2, 0.25) is 5.91 Å². The van der Waals surface area contributed by atoms with Crippen molar-refractivity contribution in [3.8, 4) is 11.5 Å². The lowest BCUT2D eigenvalue weighted by molar-refractivity contribution is -0.117. The van der Waals surface area contributed by atoms with E-state index in [1.807, 2.05) is 51.1 Å². The quantitative estimate of drug-likeness (QED) is 0.765. The van der Waals surface area contributed by atoms with E-state index in [9.17, 15) is 9.59 Å². The van der Waals surface area contributed by atoms with Crippen LogP contribution >= 0.6 is 0 Å². The van der Waals surface area contributed by atoms with Crippen LogP contribution in [0, 0.1) is 0 Å². The van der Waals surface area contributed by atoms with Crippen molar-refractivity contribution in [1.82, 2.24) is 5.32 Å². The number of carbonyl (C=O) groups is 2. The van der Waals surface area contributed by atoms with Crippen molar-refractivity contribution in [1.29, 1.82) is 0 Å². The van der Waals surface area contributed by atoms with Crippen molar-refractivity contribution in [2.75, 3.05) is 18.6 Å². The van der Waals surface area contributed by atoms with Crippen molar-refractivity contribution < 1.29 is 19.1 Å². The van der Waals surface area contributed by atoms with Crippen LogP contribution in [0.5, 0.6) is 11.5 Å². The molecule has 154 valence electrons. The van der Waals surface area contributed by atoms with E-state index in [1.165, 1.54) is 0 Å². The molecule has 2 aromatic rings. The maximum absolute atomic E-state index is 12.8. The SMILES string of the molecule is COc1cc(C(C)NC(=O)c2cccc(N3CCCC3=O)c2)ccc1OC(C)C. The van der Waals surface area contributed by atoms with Gasteiger partial charge in [-0.05, 0) is 63.1 Å². The first-order valence-corrected chi connectivity index (χ1v) is 9.95. The van der Waals surface area contributed by atoms with Crippen LogP contribution in [-0.4, -0.2) is 31.6 Å². The molecule has 0 spiro atoms. The van der Waals surface area contributed by atoms with Gasteiger partial charge in [0.25, 0.3) is 5.91 Å². The standard InChI is InChI=1S/C23H28N2O4/c1-15(2)29-20-11-10-17(14-21(20)28-4)16(3)24-23(27)18-7-5-8-19(13-18)25-12-6-9-22(25)26/h5,7-8,10-11,13-16H,6,9,12H2,1-4H3,(H,24,27). The highest BCUT2D eigenvalue weighted by Crippen LogP contribution is 2.31. The van der Waals surface area contributed by atoms with E-state index in [0.29, 0.717) is 30.0 Å². The lowest BCUT2D eigenvalue weighted by Gasteiger charge is -2.19. The molecule has 2 amide bonds. The highest BCUT2D eigenvalue weighted by Gasteiger charge is 2.22. The highest BCUT2D eigenvalue weighted by atomic mass is 16.5. The second-order valence-corrected chi connectivity index (χ2v) is 7.47. The van der Waals surface area contributed by atoms with Crippen LogP contribution in [0.1, 0.15) is 55.6 Å². The van der Waals surface area contributed by atoms with Crippen molar-refractivity contribution >= 4 is 17.5 Å². The Balaban J connectivity index is 1.73. The average Bonchev–Trinajstić information content (AvgIpc) is 3.13. The lowest BCUT2D eigenvalue weighted by Crippen LogP contribution is -2.28. The minimum absolute atomic E-state index is 0.0432. The van der Waals surface area contributed by atoms with E-state index in [-0.39, 0.29) is 24.0 Å². The molecule has 0 aliphatic carbocycles. The van der Waals surface area contributed by atoms with Gasteiger partial charge in [-0.25, -0.2) is 0 Å². The summed E-state index contributed by atoms with van der Waals surface area (Å²) in [4.78, 5) is 26.5. The summed E-state index contributed by atoms with van der Waals surface area (Å²) in [5, 5.41) is 3.01. The second-order valence-electron chi connectivity index (χ2n) is 7.47. The predicted molar refractivity (Wildman–Crippen MR) is 113 cm³/mol. The number of nitrogens with zero attached hydrogens (tertiary/aromatic N) is 1. The number of amides is 2. The van der Waals surface area contributed by atoms with E-state index in [2.05, 4.69) is 5.32 Å². The number of rotatable bonds is 7. The van der Waals surface area contributed by atoms with Crippen LogP contribution < -0.4 is 19.7 Å². The average molecular weight is 396 g/mol. The first-order valence-electron chi connectivity index (χ1n) is 9.95. The van der Waals surface area contributed by atoms with Gasteiger partial charge in [-0.2, -0.15) is 0 Å². The molecule has 0 bridgehead atoms. The highest BCUT2D eigenvalue weighted by molar-refractivity contribution is 5.99. The van der Waals surface area contributed by atoms with Gasteiger partial charge >= 0.3 is 0 Å². The van der Waals surface area contributed by atoms with Gasteiger partial charge in [0.15, 0.2) is 11.5 Å². The molecule has 1 heterocycles. The number of anilines is 1. The Morgan fingerprint density at radius 2 is 1.90 bits per heavy atom. The fraction of sp³-hybridized carbons (Fsp3) is 0.391. The summed E-state index contributed by atoms with van der Waals surface area (Å²) in [6, 6.07) is 12.6. The molecular formula is C23H28N2O4. The van der Waals surface area contributed by atoms with Gasteiger partial charge in [0.05, 0.1) is 19.3 Å². The van der Waals surface area contributed by atoms with Gasteiger partial charge in [0, 0.05) is 24.2 Å². The first kappa shape index (κ1) is 20.7. The van der Waals surface area contributed by atoms with E-state index < -0.39 is 0 Å². The molecule has 6 nitrogen and oxygen atoms in total. The fourth-order valence-electron chi connectivity index (χ4n) is 3.40. The van der Waals surface area contributed by atoms with Crippen LogP contribution in [0.2, 0.25) is 0 Å². The van der Waals surface area contributed by atoms with E-state index in [1.54, 1.807) is 24.1 Å². The van der Waals surface area contributed by atoms with Gasteiger partial charge in [-0.1, -0.05) is 12.1 Å². The Hall–Kier alpha value is -3.02. The first-order chi connectivity index (χ1) is 13.9. The van der Waals surface area contributed by atoms with Crippen molar-refractivity contribution in [3.05, 3.63) is 53.6 Å². The lowest BCUT2D eigenvalue weighted by atomic mass is 10.1. The number of hydrogen-bond donors (Lipinski definition) is 1. The molecular weight excluding hydrogens is 368 g/mol.